The Balaban J connectivity index is 3.10. The maximum atomic E-state index is 11.0. The van der Waals surface area contributed by atoms with E-state index in [0.717, 1.165) is 0 Å². The molecule has 1 aromatic carbocycles. The first-order valence-corrected chi connectivity index (χ1v) is 6.42. The maximum Gasteiger partial charge on any atom is 0.336 e. The van der Waals surface area contributed by atoms with E-state index in [9.17, 15) is 15.0 Å². The highest BCUT2D eigenvalue weighted by Gasteiger charge is 2.23. The summed E-state index contributed by atoms with van der Waals surface area (Å²) in [5, 5.41) is 29.3. The monoisotopic (exact) mass is 322 g/mol. The molecule has 6 heteroatoms. The highest BCUT2D eigenvalue weighted by Crippen LogP contribution is 2.26. The second kappa shape index (κ2) is 6.35. The molecule has 1 rings (SSSR count). The van der Waals surface area contributed by atoms with Crippen LogP contribution in [0.4, 0.5) is 0 Å². The number of aromatic carboxylic acids is 1. The Bertz CT molecular complexity index is 410. The number of aliphatic hydroxyl groups is 2. The summed E-state index contributed by atoms with van der Waals surface area (Å²) in [6, 6.07) is 4.09. The van der Waals surface area contributed by atoms with Crippen molar-refractivity contribution in [3.63, 3.8) is 0 Å². The molecule has 0 bridgehead atoms. The van der Waals surface area contributed by atoms with Gasteiger partial charge in [0.15, 0.2) is 0 Å². The Hall–Kier alpha value is -0.620. The smallest absolute Gasteiger partial charge is 0.336 e. The van der Waals surface area contributed by atoms with E-state index in [4.69, 9.17) is 16.7 Å². The summed E-state index contributed by atoms with van der Waals surface area (Å²) >= 11 is 8.89. The summed E-state index contributed by atoms with van der Waals surface area (Å²) in [7, 11) is 0. The molecular weight excluding hydrogens is 311 g/mol. The van der Waals surface area contributed by atoms with Gasteiger partial charge in [0.05, 0.1) is 11.7 Å². The number of carbonyl (C=O) groups is 1. The minimum absolute atomic E-state index is 0.0597. The number of hydrogen-bond acceptors (Lipinski definition) is 3. The highest BCUT2D eigenvalue weighted by molar-refractivity contribution is 9.09. The van der Waals surface area contributed by atoms with E-state index in [-0.39, 0.29) is 11.1 Å². The number of alkyl halides is 1. The van der Waals surface area contributed by atoms with Crippen molar-refractivity contribution in [2.45, 2.75) is 18.6 Å². The highest BCUT2D eigenvalue weighted by atomic mass is 79.9. The van der Waals surface area contributed by atoms with Crippen LogP contribution in [0.5, 0.6) is 0 Å². The van der Waals surface area contributed by atoms with E-state index < -0.39 is 18.2 Å². The van der Waals surface area contributed by atoms with Crippen LogP contribution in [0, 0.1) is 0 Å². The Morgan fingerprint density at radius 2 is 2.06 bits per heavy atom. The molecular formula is C11H12BrClO4. The van der Waals surface area contributed by atoms with Crippen molar-refractivity contribution in [3.8, 4) is 0 Å². The molecule has 17 heavy (non-hydrogen) atoms. The van der Waals surface area contributed by atoms with E-state index in [1.54, 1.807) is 0 Å². The average Bonchev–Trinajstić information content (AvgIpc) is 2.27. The summed E-state index contributed by atoms with van der Waals surface area (Å²) in [4.78, 5) is 11.0. The van der Waals surface area contributed by atoms with Crippen LogP contribution in [0.3, 0.4) is 0 Å². The summed E-state index contributed by atoms with van der Waals surface area (Å²) < 4.78 is 0. The van der Waals surface area contributed by atoms with Gasteiger partial charge in [-0.3, -0.25) is 0 Å². The zero-order chi connectivity index (χ0) is 13.0. The lowest BCUT2D eigenvalue weighted by Crippen LogP contribution is -2.21. The first-order chi connectivity index (χ1) is 7.97. The third kappa shape index (κ3) is 3.67. The fourth-order valence-electron chi connectivity index (χ4n) is 1.45. The van der Waals surface area contributed by atoms with E-state index in [1.807, 2.05) is 0 Å². The zero-order valence-corrected chi connectivity index (χ0v) is 11.1. The quantitative estimate of drug-likeness (QED) is 0.726. The van der Waals surface area contributed by atoms with Gasteiger partial charge >= 0.3 is 5.97 Å². The molecule has 1 aromatic rings. The average molecular weight is 324 g/mol. The van der Waals surface area contributed by atoms with Crippen LogP contribution < -0.4 is 0 Å². The Kier molecular flexibility index (Phi) is 5.39. The van der Waals surface area contributed by atoms with Crippen molar-refractivity contribution >= 4 is 33.5 Å². The van der Waals surface area contributed by atoms with Crippen LogP contribution in [-0.4, -0.2) is 32.7 Å². The van der Waals surface area contributed by atoms with Crippen molar-refractivity contribution in [2.24, 2.45) is 0 Å². The van der Waals surface area contributed by atoms with Gasteiger partial charge in [0.1, 0.15) is 6.10 Å². The first kappa shape index (κ1) is 14.4. The summed E-state index contributed by atoms with van der Waals surface area (Å²) in [5.74, 6) is -1.17. The van der Waals surface area contributed by atoms with Gasteiger partial charge < -0.3 is 15.3 Å². The van der Waals surface area contributed by atoms with Gasteiger partial charge in [-0.2, -0.15) is 0 Å². The van der Waals surface area contributed by atoms with Crippen molar-refractivity contribution < 1.29 is 20.1 Å². The van der Waals surface area contributed by atoms with Gasteiger partial charge in [-0.05, 0) is 30.2 Å². The summed E-state index contributed by atoms with van der Waals surface area (Å²) in [5.41, 5.74) is 0.0639. The number of carboxylic acids is 1. The molecule has 0 saturated heterocycles. The predicted octanol–water partition coefficient (Wildman–Crippen LogP) is 2.22. The van der Waals surface area contributed by atoms with Gasteiger partial charge in [0, 0.05) is 10.4 Å². The predicted molar refractivity (Wildman–Crippen MR) is 67.8 cm³/mol. The largest absolute Gasteiger partial charge is 0.478 e. The van der Waals surface area contributed by atoms with Crippen molar-refractivity contribution in [2.75, 3.05) is 5.33 Å². The third-order valence-electron chi connectivity index (χ3n) is 2.33. The molecule has 0 amide bonds. The SMILES string of the molecule is O=C(O)c1ccc(Cl)cc1C(O)C(O)CCBr. The molecule has 0 aliphatic rings. The fourth-order valence-corrected chi connectivity index (χ4v) is 2.10. The first-order valence-electron chi connectivity index (χ1n) is 4.92. The molecule has 94 valence electrons. The van der Waals surface area contributed by atoms with Crippen molar-refractivity contribution in [1.82, 2.24) is 0 Å². The third-order valence-corrected chi connectivity index (χ3v) is 3.02. The molecule has 0 heterocycles. The van der Waals surface area contributed by atoms with Crippen LogP contribution in [-0.2, 0) is 0 Å². The van der Waals surface area contributed by atoms with E-state index in [0.29, 0.717) is 16.8 Å². The molecule has 0 radical (unpaired) electrons. The molecule has 4 nitrogen and oxygen atoms in total. The molecule has 0 spiro atoms. The van der Waals surface area contributed by atoms with Gasteiger partial charge in [-0.25, -0.2) is 4.79 Å². The van der Waals surface area contributed by atoms with Crippen LogP contribution in [0.1, 0.15) is 28.4 Å². The second-order valence-corrected chi connectivity index (χ2v) is 4.76. The number of halogens is 2. The second-order valence-electron chi connectivity index (χ2n) is 3.53. The van der Waals surface area contributed by atoms with E-state index in [2.05, 4.69) is 15.9 Å². The van der Waals surface area contributed by atoms with Crippen LogP contribution >= 0.6 is 27.5 Å². The molecule has 3 N–H and O–H groups in total. The standard InChI is InChI=1S/C11H12BrClO4/c12-4-3-9(14)10(15)8-5-6(13)1-2-7(8)11(16)17/h1-2,5,9-10,14-15H,3-4H2,(H,16,17). The minimum atomic E-state index is -1.27. The number of benzene rings is 1. The zero-order valence-electron chi connectivity index (χ0n) is 8.81. The Labute approximate surface area is 112 Å². The van der Waals surface area contributed by atoms with Crippen LogP contribution in [0.15, 0.2) is 18.2 Å². The Morgan fingerprint density at radius 1 is 1.41 bits per heavy atom. The molecule has 0 aliphatic carbocycles. The lowest BCUT2D eigenvalue weighted by atomic mass is 9.97. The molecule has 2 unspecified atom stereocenters. The number of carboxylic acid groups (broad SMARTS) is 1. The minimum Gasteiger partial charge on any atom is -0.478 e. The number of rotatable bonds is 5. The summed E-state index contributed by atoms with van der Waals surface area (Å²) in [6.07, 6.45) is -1.99. The lowest BCUT2D eigenvalue weighted by Gasteiger charge is -2.19. The maximum absolute atomic E-state index is 11.0. The lowest BCUT2D eigenvalue weighted by molar-refractivity contribution is 0.0164. The number of aliphatic hydroxyl groups excluding tert-OH is 2. The topological polar surface area (TPSA) is 77.8 Å². The van der Waals surface area contributed by atoms with Crippen molar-refractivity contribution in [3.05, 3.63) is 34.3 Å². The van der Waals surface area contributed by atoms with Crippen LogP contribution in [0.25, 0.3) is 0 Å². The van der Waals surface area contributed by atoms with Gasteiger partial charge in [0.25, 0.3) is 0 Å². The molecule has 0 fully saturated rings. The van der Waals surface area contributed by atoms with Crippen molar-refractivity contribution in [1.29, 1.82) is 0 Å². The van der Waals surface area contributed by atoms with E-state index in [1.165, 1.54) is 18.2 Å². The molecule has 0 aromatic heterocycles. The van der Waals surface area contributed by atoms with E-state index >= 15 is 0 Å². The van der Waals surface area contributed by atoms with Gasteiger partial charge in [0.2, 0.25) is 0 Å². The van der Waals surface area contributed by atoms with Gasteiger partial charge in [-0.1, -0.05) is 27.5 Å². The van der Waals surface area contributed by atoms with Crippen LogP contribution in [0.2, 0.25) is 5.02 Å². The molecule has 0 saturated carbocycles. The fraction of sp³-hybridized carbons (Fsp3) is 0.364. The molecule has 0 aliphatic heterocycles. The molecule has 2 atom stereocenters. The summed E-state index contributed by atoms with van der Waals surface area (Å²) in [6.45, 7) is 0. The Morgan fingerprint density at radius 3 is 2.59 bits per heavy atom. The normalized spacial score (nSPS) is 14.4. The number of hydrogen-bond donors (Lipinski definition) is 3. The van der Waals surface area contributed by atoms with Gasteiger partial charge in [-0.15, -0.1) is 0 Å².